The van der Waals surface area contributed by atoms with Crippen molar-refractivity contribution in [3.05, 3.63) is 15.6 Å². The highest BCUT2D eigenvalue weighted by molar-refractivity contribution is 7.11. The van der Waals surface area contributed by atoms with Gasteiger partial charge in [0.1, 0.15) is 5.01 Å². The summed E-state index contributed by atoms with van der Waals surface area (Å²) in [6.45, 7) is 7.87. The standard InChI is InChI=1S/C14H23N3O2S.ClH/c1-9-11(13(18)19-4)16-12(20-9)10-6-5-7-17(10)8-14(2,3)15;/h10H,5-8,15H2,1-4H3;1H. The molecule has 0 saturated carbocycles. The molecular formula is C14H24ClN3O2S. The Labute approximate surface area is 136 Å². The molecule has 21 heavy (non-hydrogen) atoms. The van der Waals surface area contributed by atoms with Gasteiger partial charge in [0.15, 0.2) is 5.69 Å². The highest BCUT2D eigenvalue weighted by atomic mass is 35.5. The number of esters is 1. The second-order valence-corrected chi connectivity index (χ2v) is 7.30. The van der Waals surface area contributed by atoms with Gasteiger partial charge in [-0.15, -0.1) is 23.7 Å². The van der Waals surface area contributed by atoms with Gasteiger partial charge in [-0.05, 0) is 40.2 Å². The predicted molar refractivity (Wildman–Crippen MR) is 87.3 cm³/mol. The van der Waals surface area contributed by atoms with Gasteiger partial charge in [-0.1, -0.05) is 0 Å². The number of carbonyl (C=O) groups is 1. The van der Waals surface area contributed by atoms with E-state index in [1.54, 1.807) is 11.3 Å². The molecule has 1 aromatic rings. The Bertz CT molecular complexity index is 499. The average molecular weight is 334 g/mol. The lowest BCUT2D eigenvalue weighted by molar-refractivity contribution is 0.0593. The van der Waals surface area contributed by atoms with Crippen molar-refractivity contribution in [2.45, 2.75) is 45.2 Å². The van der Waals surface area contributed by atoms with Crippen LogP contribution in [0.3, 0.4) is 0 Å². The van der Waals surface area contributed by atoms with E-state index < -0.39 is 0 Å². The van der Waals surface area contributed by atoms with E-state index in [1.165, 1.54) is 7.11 Å². The van der Waals surface area contributed by atoms with Gasteiger partial charge in [0.2, 0.25) is 0 Å². The van der Waals surface area contributed by atoms with Crippen LogP contribution in [-0.4, -0.2) is 41.6 Å². The number of likely N-dealkylation sites (tertiary alicyclic amines) is 1. The summed E-state index contributed by atoms with van der Waals surface area (Å²) in [7, 11) is 1.39. The molecule has 2 heterocycles. The van der Waals surface area contributed by atoms with E-state index in [2.05, 4.69) is 9.88 Å². The van der Waals surface area contributed by atoms with E-state index in [-0.39, 0.29) is 30.0 Å². The molecule has 1 saturated heterocycles. The molecule has 0 aromatic carbocycles. The van der Waals surface area contributed by atoms with Crippen molar-refractivity contribution in [1.82, 2.24) is 9.88 Å². The number of carbonyl (C=O) groups excluding carboxylic acids is 1. The Morgan fingerprint density at radius 3 is 2.81 bits per heavy atom. The Balaban J connectivity index is 0.00000220. The molecule has 0 radical (unpaired) electrons. The minimum atomic E-state index is -0.353. The zero-order valence-corrected chi connectivity index (χ0v) is 14.6. The molecule has 1 aromatic heterocycles. The van der Waals surface area contributed by atoms with Crippen molar-refractivity contribution in [3.8, 4) is 0 Å². The fourth-order valence-corrected chi connectivity index (χ4v) is 3.74. The lowest BCUT2D eigenvalue weighted by atomic mass is 10.1. The third-order valence-corrected chi connectivity index (χ3v) is 4.52. The summed E-state index contributed by atoms with van der Waals surface area (Å²) in [5.41, 5.74) is 6.36. The van der Waals surface area contributed by atoms with E-state index in [0.717, 1.165) is 35.8 Å². The van der Waals surface area contributed by atoms with Gasteiger partial charge in [0, 0.05) is 17.0 Å². The number of aryl methyl sites for hydroxylation is 1. The highest BCUT2D eigenvalue weighted by Gasteiger charge is 2.32. The van der Waals surface area contributed by atoms with Gasteiger partial charge in [-0.2, -0.15) is 0 Å². The smallest absolute Gasteiger partial charge is 0.357 e. The first-order valence-electron chi connectivity index (χ1n) is 6.90. The van der Waals surface area contributed by atoms with Gasteiger partial charge in [-0.3, -0.25) is 4.90 Å². The molecular weight excluding hydrogens is 310 g/mol. The van der Waals surface area contributed by atoms with Gasteiger partial charge in [-0.25, -0.2) is 9.78 Å². The van der Waals surface area contributed by atoms with Crippen LogP contribution in [0, 0.1) is 6.92 Å². The summed E-state index contributed by atoms with van der Waals surface area (Å²) in [4.78, 5) is 19.5. The van der Waals surface area contributed by atoms with E-state index >= 15 is 0 Å². The third kappa shape index (κ3) is 4.39. The fraction of sp³-hybridized carbons (Fsp3) is 0.714. The van der Waals surface area contributed by atoms with Crippen LogP contribution < -0.4 is 5.73 Å². The van der Waals surface area contributed by atoms with Gasteiger partial charge in [0.25, 0.3) is 0 Å². The van der Waals surface area contributed by atoms with Crippen LogP contribution in [0.5, 0.6) is 0 Å². The largest absolute Gasteiger partial charge is 0.464 e. The van der Waals surface area contributed by atoms with Crippen molar-refractivity contribution in [2.24, 2.45) is 5.73 Å². The lowest BCUT2D eigenvalue weighted by Gasteiger charge is -2.30. The normalized spacial score (nSPS) is 19.4. The zero-order valence-electron chi connectivity index (χ0n) is 13.0. The van der Waals surface area contributed by atoms with Crippen molar-refractivity contribution >= 4 is 29.7 Å². The van der Waals surface area contributed by atoms with E-state index in [1.807, 2.05) is 20.8 Å². The first-order chi connectivity index (χ1) is 9.31. The molecule has 1 aliphatic heterocycles. The average Bonchev–Trinajstić information content (AvgIpc) is 2.92. The van der Waals surface area contributed by atoms with Crippen molar-refractivity contribution in [2.75, 3.05) is 20.2 Å². The number of halogens is 1. The number of nitrogens with zero attached hydrogens (tertiary/aromatic N) is 2. The van der Waals surface area contributed by atoms with Crippen LogP contribution in [0.15, 0.2) is 0 Å². The zero-order chi connectivity index (χ0) is 14.9. The van der Waals surface area contributed by atoms with E-state index in [4.69, 9.17) is 10.5 Å². The number of nitrogens with two attached hydrogens (primary N) is 1. The van der Waals surface area contributed by atoms with Crippen LogP contribution >= 0.6 is 23.7 Å². The van der Waals surface area contributed by atoms with Crippen LogP contribution in [0.25, 0.3) is 0 Å². The van der Waals surface area contributed by atoms with Crippen LogP contribution in [0.1, 0.15) is 53.1 Å². The topological polar surface area (TPSA) is 68.5 Å². The van der Waals surface area contributed by atoms with E-state index in [9.17, 15) is 4.79 Å². The maximum absolute atomic E-state index is 11.7. The molecule has 1 fully saturated rings. The Morgan fingerprint density at radius 1 is 1.57 bits per heavy atom. The Morgan fingerprint density at radius 2 is 2.24 bits per heavy atom. The molecule has 7 heteroatoms. The van der Waals surface area contributed by atoms with Crippen molar-refractivity contribution in [3.63, 3.8) is 0 Å². The Kier molecular flexibility index (Phi) is 6.16. The molecule has 0 amide bonds. The molecule has 120 valence electrons. The molecule has 1 unspecified atom stereocenters. The summed E-state index contributed by atoms with van der Waals surface area (Å²) >= 11 is 1.59. The number of hydrogen-bond donors (Lipinski definition) is 1. The number of ether oxygens (including phenoxy) is 1. The number of hydrogen-bond acceptors (Lipinski definition) is 6. The first-order valence-corrected chi connectivity index (χ1v) is 7.72. The minimum Gasteiger partial charge on any atom is -0.464 e. The molecule has 2 rings (SSSR count). The summed E-state index contributed by atoms with van der Waals surface area (Å²) in [5, 5.41) is 1.00. The number of aromatic nitrogens is 1. The SMILES string of the molecule is COC(=O)c1nc(C2CCCN2CC(C)(C)N)sc1C.Cl. The van der Waals surface area contributed by atoms with Crippen LogP contribution in [0.4, 0.5) is 0 Å². The third-order valence-electron chi connectivity index (χ3n) is 3.45. The van der Waals surface area contributed by atoms with Crippen molar-refractivity contribution in [1.29, 1.82) is 0 Å². The second-order valence-electron chi connectivity index (χ2n) is 6.07. The summed E-state index contributed by atoms with van der Waals surface area (Å²) < 4.78 is 4.77. The maximum atomic E-state index is 11.7. The molecule has 0 spiro atoms. The summed E-state index contributed by atoms with van der Waals surface area (Å²) in [6, 6.07) is 0.278. The molecule has 5 nitrogen and oxygen atoms in total. The maximum Gasteiger partial charge on any atom is 0.357 e. The van der Waals surface area contributed by atoms with Gasteiger partial charge in [0.05, 0.1) is 13.2 Å². The van der Waals surface area contributed by atoms with Crippen LogP contribution in [-0.2, 0) is 4.74 Å². The number of thiazole rings is 1. The van der Waals surface area contributed by atoms with E-state index in [0.29, 0.717) is 5.69 Å². The fourth-order valence-electron chi connectivity index (χ4n) is 2.66. The first kappa shape index (κ1) is 18.4. The number of rotatable bonds is 4. The number of methoxy groups -OCH3 is 1. The lowest BCUT2D eigenvalue weighted by Crippen LogP contribution is -2.45. The quantitative estimate of drug-likeness (QED) is 0.857. The predicted octanol–water partition coefficient (Wildman–Crippen LogP) is 2.53. The second kappa shape index (κ2) is 7.05. The monoisotopic (exact) mass is 333 g/mol. The molecule has 0 aliphatic carbocycles. The highest BCUT2D eigenvalue weighted by Crippen LogP contribution is 2.35. The van der Waals surface area contributed by atoms with Crippen molar-refractivity contribution < 1.29 is 9.53 Å². The minimum absolute atomic E-state index is 0. The van der Waals surface area contributed by atoms with Gasteiger partial charge >= 0.3 is 5.97 Å². The molecule has 1 atom stereocenters. The molecule has 0 bridgehead atoms. The van der Waals surface area contributed by atoms with Crippen LogP contribution in [0.2, 0.25) is 0 Å². The molecule has 1 aliphatic rings. The summed E-state index contributed by atoms with van der Waals surface area (Å²) in [5.74, 6) is -0.353. The Hall–Kier alpha value is -0.690. The summed E-state index contributed by atoms with van der Waals surface area (Å²) in [6.07, 6.45) is 2.22. The molecule has 2 N–H and O–H groups in total. The van der Waals surface area contributed by atoms with Gasteiger partial charge < -0.3 is 10.5 Å².